The number of carbonyl (C=O) groups is 2. The summed E-state index contributed by atoms with van der Waals surface area (Å²) in [6.45, 7) is 2.68. The van der Waals surface area contributed by atoms with Gasteiger partial charge < -0.3 is 21.1 Å². The van der Waals surface area contributed by atoms with Gasteiger partial charge >= 0.3 is 6.09 Å². The molecule has 6 heteroatoms. The zero-order valence-corrected chi connectivity index (χ0v) is 15.6. The Balaban J connectivity index is 1.92. The number of aryl methyl sites for hydroxylation is 1. The van der Waals surface area contributed by atoms with Gasteiger partial charge in [-0.2, -0.15) is 0 Å². The van der Waals surface area contributed by atoms with Crippen molar-refractivity contribution in [1.82, 2.24) is 5.32 Å². The molecule has 4 N–H and O–H groups in total. The molecule has 0 unspecified atom stereocenters. The Morgan fingerprint density at radius 3 is 2.41 bits per heavy atom. The van der Waals surface area contributed by atoms with E-state index in [9.17, 15) is 9.59 Å². The Labute approximate surface area is 160 Å². The molecule has 144 valence electrons. The van der Waals surface area contributed by atoms with Gasteiger partial charge in [0.05, 0.1) is 0 Å². The van der Waals surface area contributed by atoms with Gasteiger partial charge in [-0.25, -0.2) is 4.79 Å². The first-order valence-electron chi connectivity index (χ1n) is 9.13. The molecule has 0 aliphatic carbocycles. The van der Waals surface area contributed by atoms with Crippen LogP contribution in [0.1, 0.15) is 30.4 Å². The number of nitrogens with two attached hydrogens (primary N) is 1. The van der Waals surface area contributed by atoms with Gasteiger partial charge in [-0.15, -0.1) is 0 Å². The van der Waals surface area contributed by atoms with E-state index in [4.69, 9.17) is 10.5 Å². The zero-order valence-electron chi connectivity index (χ0n) is 15.6. The fourth-order valence-corrected chi connectivity index (χ4v) is 2.53. The number of nitrogens with one attached hydrogen (secondary N) is 2. The number of anilines is 1. The Hall–Kier alpha value is -2.86. The fraction of sp³-hybridized carbons (Fsp3) is 0.333. The summed E-state index contributed by atoms with van der Waals surface area (Å²) in [4.78, 5) is 24.7. The van der Waals surface area contributed by atoms with Crippen LogP contribution < -0.4 is 16.4 Å². The van der Waals surface area contributed by atoms with Crippen LogP contribution in [0.3, 0.4) is 0 Å². The lowest BCUT2D eigenvalue weighted by Gasteiger charge is -2.18. The van der Waals surface area contributed by atoms with Gasteiger partial charge in [0.15, 0.2) is 0 Å². The van der Waals surface area contributed by atoms with Crippen molar-refractivity contribution in [2.24, 2.45) is 5.73 Å². The van der Waals surface area contributed by atoms with Gasteiger partial charge in [-0.1, -0.05) is 48.0 Å². The van der Waals surface area contributed by atoms with Crippen LogP contribution in [-0.2, 0) is 16.1 Å². The molecule has 0 bridgehead atoms. The Morgan fingerprint density at radius 1 is 1.04 bits per heavy atom. The van der Waals surface area contributed by atoms with Crippen molar-refractivity contribution in [2.45, 2.75) is 38.8 Å². The summed E-state index contributed by atoms with van der Waals surface area (Å²) in [6, 6.07) is 16.2. The van der Waals surface area contributed by atoms with Crippen LogP contribution in [0.5, 0.6) is 0 Å². The first kappa shape index (κ1) is 20.5. The number of benzene rings is 2. The number of hydrogen-bond donors (Lipinski definition) is 3. The summed E-state index contributed by atoms with van der Waals surface area (Å²) in [7, 11) is 0. The molecule has 0 fully saturated rings. The predicted molar refractivity (Wildman–Crippen MR) is 106 cm³/mol. The van der Waals surface area contributed by atoms with Crippen LogP contribution >= 0.6 is 0 Å². The van der Waals surface area contributed by atoms with E-state index in [0.29, 0.717) is 18.7 Å². The molecular weight excluding hydrogens is 342 g/mol. The number of alkyl carbamates (subject to hydrolysis) is 1. The Bertz CT molecular complexity index is 717. The minimum Gasteiger partial charge on any atom is -0.445 e. The third-order valence-corrected chi connectivity index (χ3v) is 4.09. The lowest BCUT2D eigenvalue weighted by Crippen LogP contribution is -2.44. The Morgan fingerprint density at radius 2 is 1.74 bits per heavy atom. The van der Waals surface area contributed by atoms with Crippen molar-refractivity contribution in [3.8, 4) is 0 Å². The molecule has 27 heavy (non-hydrogen) atoms. The fourth-order valence-electron chi connectivity index (χ4n) is 2.53. The van der Waals surface area contributed by atoms with E-state index in [0.717, 1.165) is 24.0 Å². The number of rotatable bonds is 9. The monoisotopic (exact) mass is 369 g/mol. The molecular formula is C21H27N3O3. The minimum atomic E-state index is -0.680. The number of carbonyl (C=O) groups excluding carboxylic acids is 2. The highest BCUT2D eigenvalue weighted by Crippen LogP contribution is 2.11. The largest absolute Gasteiger partial charge is 0.445 e. The second-order valence-electron chi connectivity index (χ2n) is 6.40. The number of hydrogen-bond acceptors (Lipinski definition) is 4. The molecule has 0 spiro atoms. The average Bonchev–Trinajstić information content (AvgIpc) is 2.68. The van der Waals surface area contributed by atoms with Crippen LogP contribution in [0, 0.1) is 6.92 Å². The SMILES string of the molecule is Cc1ccc(NC(=O)[C@H](CCCCN)NC(=O)OCc2ccccc2)cc1. The first-order chi connectivity index (χ1) is 13.1. The molecule has 6 nitrogen and oxygen atoms in total. The summed E-state index contributed by atoms with van der Waals surface area (Å²) in [5, 5.41) is 5.50. The molecule has 1 atom stereocenters. The summed E-state index contributed by atoms with van der Waals surface area (Å²) < 4.78 is 5.23. The molecule has 0 aliphatic heterocycles. The molecule has 2 aromatic carbocycles. The van der Waals surface area contributed by atoms with Crippen molar-refractivity contribution >= 4 is 17.7 Å². The van der Waals surface area contributed by atoms with Crippen LogP contribution in [0.4, 0.5) is 10.5 Å². The number of ether oxygens (including phenoxy) is 1. The predicted octanol–water partition coefficient (Wildman–Crippen LogP) is 3.36. The highest BCUT2D eigenvalue weighted by Gasteiger charge is 2.21. The average molecular weight is 369 g/mol. The topological polar surface area (TPSA) is 93.5 Å². The normalized spacial score (nSPS) is 11.5. The molecule has 2 amide bonds. The summed E-state index contributed by atoms with van der Waals surface area (Å²) in [5.74, 6) is -0.271. The quantitative estimate of drug-likeness (QED) is 0.591. The maximum Gasteiger partial charge on any atom is 0.408 e. The van der Waals surface area contributed by atoms with Crippen LogP contribution in [0.15, 0.2) is 54.6 Å². The molecule has 0 radical (unpaired) electrons. The molecule has 0 saturated carbocycles. The van der Waals surface area contributed by atoms with E-state index >= 15 is 0 Å². The molecule has 2 aromatic rings. The second kappa shape index (κ2) is 11.0. The van der Waals surface area contributed by atoms with Crippen molar-refractivity contribution < 1.29 is 14.3 Å². The summed E-state index contributed by atoms with van der Waals surface area (Å²) >= 11 is 0. The van der Waals surface area contributed by atoms with Gasteiger partial charge in [0.2, 0.25) is 5.91 Å². The van der Waals surface area contributed by atoms with Crippen LogP contribution in [0.2, 0.25) is 0 Å². The van der Waals surface area contributed by atoms with E-state index in [2.05, 4.69) is 10.6 Å². The minimum absolute atomic E-state index is 0.155. The standard InChI is InChI=1S/C21H27N3O3/c1-16-10-12-18(13-11-16)23-20(25)19(9-5-6-14-22)24-21(26)27-15-17-7-3-2-4-8-17/h2-4,7-8,10-13,19H,5-6,9,14-15,22H2,1H3,(H,23,25)(H,24,26)/t19-/m0/s1. The van der Waals surface area contributed by atoms with E-state index < -0.39 is 12.1 Å². The molecule has 0 heterocycles. The van der Waals surface area contributed by atoms with Gasteiger partial charge in [0, 0.05) is 5.69 Å². The smallest absolute Gasteiger partial charge is 0.408 e. The van der Waals surface area contributed by atoms with Gasteiger partial charge in [0.25, 0.3) is 0 Å². The maximum absolute atomic E-state index is 12.6. The first-order valence-corrected chi connectivity index (χ1v) is 9.13. The number of unbranched alkanes of at least 4 members (excludes halogenated alkanes) is 1. The van der Waals surface area contributed by atoms with Crippen molar-refractivity contribution in [3.05, 3.63) is 65.7 Å². The van der Waals surface area contributed by atoms with Gasteiger partial charge in [-0.05, 0) is 50.4 Å². The van der Waals surface area contributed by atoms with E-state index in [-0.39, 0.29) is 12.5 Å². The third-order valence-electron chi connectivity index (χ3n) is 4.09. The van der Waals surface area contributed by atoms with E-state index in [1.807, 2.05) is 61.5 Å². The van der Waals surface area contributed by atoms with Crippen LogP contribution in [0.25, 0.3) is 0 Å². The molecule has 0 aromatic heterocycles. The second-order valence-corrected chi connectivity index (χ2v) is 6.40. The van der Waals surface area contributed by atoms with E-state index in [1.165, 1.54) is 0 Å². The van der Waals surface area contributed by atoms with Crippen molar-refractivity contribution in [1.29, 1.82) is 0 Å². The van der Waals surface area contributed by atoms with Crippen molar-refractivity contribution in [3.63, 3.8) is 0 Å². The van der Waals surface area contributed by atoms with E-state index in [1.54, 1.807) is 0 Å². The summed E-state index contributed by atoms with van der Waals surface area (Å²) in [6.07, 6.45) is 1.40. The molecule has 2 rings (SSSR count). The third kappa shape index (κ3) is 7.50. The highest BCUT2D eigenvalue weighted by atomic mass is 16.5. The number of amides is 2. The lowest BCUT2D eigenvalue weighted by atomic mass is 10.1. The lowest BCUT2D eigenvalue weighted by molar-refractivity contribution is -0.118. The maximum atomic E-state index is 12.6. The zero-order chi connectivity index (χ0) is 19.5. The van der Waals surface area contributed by atoms with Gasteiger partial charge in [-0.3, -0.25) is 4.79 Å². The van der Waals surface area contributed by atoms with Crippen LogP contribution in [-0.4, -0.2) is 24.6 Å². The summed E-state index contributed by atoms with van der Waals surface area (Å²) in [5.41, 5.74) is 8.21. The van der Waals surface area contributed by atoms with Crippen molar-refractivity contribution in [2.75, 3.05) is 11.9 Å². The Kier molecular flexibility index (Phi) is 8.32. The molecule has 0 saturated heterocycles. The van der Waals surface area contributed by atoms with Gasteiger partial charge in [0.1, 0.15) is 12.6 Å². The molecule has 0 aliphatic rings. The highest BCUT2D eigenvalue weighted by molar-refractivity contribution is 5.96.